The van der Waals surface area contributed by atoms with Crippen LogP contribution in [-0.4, -0.2) is 37.1 Å². The molecule has 0 bridgehead atoms. The Bertz CT molecular complexity index is 103. The molecule has 2 fully saturated rings. The van der Waals surface area contributed by atoms with Gasteiger partial charge >= 0.3 is 0 Å². The molecule has 1 saturated carbocycles. The number of likely N-dealkylation sites (N-methyl/N-ethyl adjacent to an activating group) is 1. The van der Waals surface area contributed by atoms with E-state index in [0.29, 0.717) is 0 Å². The summed E-state index contributed by atoms with van der Waals surface area (Å²) in [6, 6.07) is 1.75. The fourth-order valence-corrected chi connectivity index (χ4v) is 1.48. The molecule has 0 aromatic heterocycles. The number of rotatable bonds is 0. The molecular weight excluding hydrogens is 100 g/mol. The van der Waals surface area contributed by atoms with Crippen LogP contribution in [0.4, 0.5) is 0 Å². The van der Waals surface area contributed by atoms with Crippen molar-refractivity contribution < 1.29 is 0 Å². The van der Waals surface area contributed by atoms with Gasteiger partial charge in [0, 0.05) is 25.2 Å². The van der Waals surface area contributed by atoms with Crippen molar-refractivity contribution in [3.63, 3.8) is 0 Å². The van der Waals surface area contributed by atoms with Crippen LogP contribution < -0.4 is 5.32 Å². The molecule has 1 heterocycles. The third-order valence-corrected chi connectivity index (χ3v) is 2.19. The third-order valence-electron chi connectivity index (χ3n) is 2.19. The first-order valence-corrected chi connectivity index (χ1v) is 3.31. The summed E-state index contributed by atoms with van der Waals surface area (Å²) in [6.45, 7) is 2.43. The fraction of sp³-hybridized carbons (Fsp3) is 1.00. The molecule has 1 aliphatic carbocycles. The second-order valence-corrected chi connectivity index (χ2v) is 2.84. The van der Waals surface area contributed by atoms with Gasteiger partial charge in [-0.15, -0.1) is 0 Å². The molecule has 2 atom stereocenters. The lowest BCUT2D eigenvalue weighted by atomic mass is 10.4. The monoisotopic (exact) mass is 112 g/mol. The first kappa shape index (κ1) is 4.77. The molecule has 2 rings (SSSR count). The van der Waals surface area contributed by atoms with Crippen molar-refractivity contribution in [3.8, 4) is 0 Å². The van der Waals surface area contributed by atoms with Gasteiger partial charge in [0.2, 0.25) is 0 Å². The van der Waals surface area contributed by atoms with Gasteiger partial charge in [0.05, 0.1) is 0 Å². The molecule has 2 unspecified atom stereocenters. The number of fused-ring (bicyclic) bond motifs is 1. The highest BCUT2D eigenvalue weighted by Gasteiger charge is 2.41. The third kappa shape index (κ3) is 0.565. The minimum absolute atomic E-state index is 0.855. The number of hydrogen-bond acceptors (Lipinski definition) is 2. The van der Waals surface area contributed by atoms with Crippen LogP contribution in [0.2, 0.25) is 0 Å². The van der Waals surface area contributed by atoms with E-state index in [1.807, 2.05) is 0 Å². The Balaban J connectivity index is 1.99. The number of hydrogen-bond donors (Lipinski definition) is 1. The van der Waals surface area contributed by atoms with Crippen LogP contribution >= 0.6 is 0 Å². The van der Waals surface area contributed by atoms with Crippen molar-refractivity contribution in [2.75, 3.05) is 20.1 Å². The zero-order chi connectivity index (χ0) is 5.56. The Morgan fingerprint density at radius 1 is 1.62 bits per heavy atom. The highest BCUT2D eigenvalue weighted by Crippen LogP contribution is 2.28. The molecule has 0 spiro atoms. The lowest BCUT2D eigenvalue weighted by Crippen LogP contribution is -2.41. The van der Waals surface area contributed by atoms with E-state index in [4.69, 9.17) is 0 Å². The van der Waals surface area contributed by atoms with E-state index in [9.17, 15) is 0 Å². The maximum Gasteiger partial charge on any atom is 0.0262 e. The highest BCUT2D eigenvalue weighted by molar-refractivity contribution is 5.03. The molecule has 1 saturated heterocycles. The summed E-state index contributed by atoms with van der Waals surface area (Å²) in [5.41, 5.74) is 0. The predicted molar refractivity (Wildman–Crippen MR) is 32.8 cm³/mol. The Morgan fingerprint density at radius 2 is 2.50 bits per heavy atom. The quantitative estimate of drug-likeness (QED) is 0.461. The summed E-state index contributed by atoms with van der Waals surface area (Å²) in [6.07, 6.45) is 1.39. The minimum Gasteiger partial charge on any atom is -0.311 e. The molecule has 2 heteroatoms. The first-order valence-electron chi connectivity index (χ1n) is 3.31. The summed E-state index contributed by atoms with van der Waals surface area (Å²) >= 11 is 0. The lowest BCUT2D eigenvalue weighted by molar-refractivity contribution is 0.279. The SMILES string of the molecule is CN1CCNC2CC21. The van der Waals surface area contributed by atoms with Gasteiger partial charge in [-0.3, -0.25) is 0 Å². The van der Waals surface area contributed by atoms with Gasteiger partial charge in [-0.05, 0) is 13.5 Å². The molecule has 2 nitrogen and oxygen atoms in total. The Kier molecular flexibility index (Phi) is 0.866. The number of piperazine rings is 1. The van der Waals surface area contributed by atoms with Gasteiger partial charge < -0.3 is 10.2 Å². The molecule has 0 radical (unpaired) electrons. The van der Waals surface area contributed by atoms with Gasteiger partial charge in [0.1, 0.15) is 0 Å². The van der Waals surface area contributed by atoms with Gasteiger partial charge in [0.25, 0.3) is 0 Å². The van der Waals surface area contributed by atoms with Gasteiger partial charge in [0.15, 0.2) is 0 Å². The Labute approximate surface area is 49.9 Å². The second-order valence-electron chi connectivity index (χ2n) is 2.84. The van der Waals surface area contributed by atoms with Crippen LogP contribution in [0.25, 0.3) is 0 Å². The van der Waals surface area contributed by atoms with Crippen molar-refractivity contribution in [1.82, 2.24) is 10.2 Å². The molecular formula is C6H12N2. The lowest BCUT2D eigenvalue weighted by Gasteiger charge is -2.21. The Morgan fingerprint density at radius 3 is 3.12 bits per heavy atom. The number of nitrogens with zero attached hydrogens (tertiary/aromatic N) is 1. The van der Waals surface area contributed by atoms with Crippen LogP contribution in [-0.2, 0) is 0 Å². The smallest absolute Gasteiger partial charge is 0.0262 e. The zero-order valence-corrected chi connectivity index (χ0v) is 5.22. The van der Waals surface area contributed by atoms with E-state index >= 15 is 0 Å². The van der Waals surface area contributed by atoms with E-state index in [-0.39, 0.29) is 0 Å². The normalized spacial score (nSPS) is 46.1. The average Bonchev–Trinajstić information content (AvgIpc) is 2.45. The van der Waals surface area contributed by atoms with E-state index in [1.165, 1.54) is 19.5 Å². The minimum atomic E-state index is 0.855. The zero-order valence-electron chi connectivity index (χ0n) is 5.22. The molecule has 1 aliphatic heterocycles. The summed E-state index contributed by atoms with van der Waals surface area (Å²) in [4.78, 5) is 2.45. The summed E-state index contributed by atoms with van der Waals surface area (Å²) in [5.74, 6) is 0. The van der Waals surface area contributed by atoms with Crippen LogP contribution in [0.3, 0.4) is 0 Å². The topological polar surface area (TPSA) is 15.3 Å². The number of nitrogens with one attached hydrogen (secondary N) is 1. The van der Waals surface area contributed by atoms with E-state index in [0.717, 1.165) is 12.1 Å². The Hall–Kier alpha value is -0.0800. The fourth-order valence-electron chi connectivity index (χ4n) is 1.48. The summed E-state index contributed by atoms with van der Waals surface area (Å²) in [5, 5.41) is 3.44. The predicted octanol–water partition coefficient (Wildman–Crippen LogP) is -0.338. The maximum atomic E-state index is 3.44. The van der Waals surface area contributed by atoms with Crippen LogP contribution in [0.5, 0.6) is 0 Å². The van der Waals surface area contributed by atoms with Crippen molar-refractivity contribution in [3.05, 3.63) is 0 Å². The highest BCUT2D eigenvalue weighted by atomic mass is 15.3. The van der Waals surface area contributed by atoms with E-state index in [2.05, 4.69) is 17.3 Å². The van der Waals surface area contributed by atoms with Gasteiger partial charge in [-0.25, -0.2) is 0 Å². The van der Waals surface area contributed by atoms with E-state index < -0.39 is 0 Å². The molecule has 8 heavy (non-hydrogen) atoms. The molecule has 0 amide bonds. The van der Waals surface area contributed by atoms with Crippen LogP contribution in [0, 0.1) is 0 Å². The summed E-state index contributed by atoms with van der Waals surface area (Å²) < 4.78 is 0. The summed E-state index contributed by atoms with van der Waals surface area (Å²) in [7, 11) is 2.21. The average molecular weight is 112 g/mol. The van der Waals surface area contributed by atoms with Crippen LogP contribution in [0.15, 0.2) is 0 Å². The van der Waals surface area contributed by atoms with E-state index in [1.54, 1.807) is 0 Å². The first-order chi connectivity index (χ1) is 3.88. The maximum absolute atomic E-state index is 3.44. The van der Waals surface area contributed by atoms with Gasteiger partial charge in [-0.2, -0.15) is 0 Å². The molecule has 0 aromatic carbocycles. The second kappa shape index (κ2) is 1.45. The van der Waals surface area contributed by atoms with Crippen molar-refractivity contribution in [2.24, 2.45) is 0 Å². The molecule has 2 aliphatic rings. The van der Waals surface area contributed by atoms with Crippen molar-refractivity contribution in [2.45, 2.75) is 18.5 Å². The molecule has 46 valence electrons. The van der Waals surface area contributed by atoms with Crippen molar-refractivity contribution in [1.29, 1.82) is 0 Å². The largest absolute Gasteiger partial charge is 0.311 e. The van der Waals surface area contributed by atoms with Gasteiger partial charge in [-0.1, -0.05) is 0 Å². The van der Waals surface area contributed by atoms with Crippen molar-refractivity contribution >= 4 is 0 Å². The molecule has 1 N–H and O–H groups in total. The molecule has 0 aromatic rings. The standard InChI is InChI=1S/C6H12N2/c1-8-3-2-7-5-4-6(5)8/h5-7H,2-4H2,1H3. The van der Waals surface area contributed by atoms with Crippen LogP contribution in [0.1, 0.15) is 6.42 Å².